The van der Waals surface area contributed by atoms with E-state index >= 15 is 0 Å². The predicted molar refractivity (Wildman–Crippen MR) is 60.1 cm³/mol. The van der Waals surface area contributed by atoms with Gasteiger partial charge in [0.2, 0.25) is 5.82 Å². The summed E-state index contributed by atoms with van der Waals surface area (Å²) in [5.74, 6) is -1.09. The molecular weight excluding hydrogens is 317 g/mol. The number of carbonyl (C=O) groups excluding carboxylic acids is 1. The van der Waals surface area contributed by atoms with Crippen LogP contribution < -0.4 is 0 Å². The number of aromatic nitrogens is 2. The van der Waals surface area contributed by atoms with E-state index in [1.54, 1.807) is 0 Å². The van der Waals surface area contributed by atoms with Crippen LogP contribution in [0.3, 0.4) is 0 Å². The summed E-state index contributed by atoms with van der Waals surface area (Å²) in [4.78, 5) is 17.3. The lowest BCUT2D eigenvalue weighted by Gasteiger charge is -2.07. The van der Waals surface area contributed by atoms with Gasteiger partial charge in [-0.15, -0.1) is 0 Å². The standard InChI is InChI=1S/C10H6BrF3N2O2/c1-18-9(17)8-15-6-3-4(11)2-5(7(6)16-8)10(12,13)14/h2-3H,1H3,(H,15,16). The van der Waals surface area contributed by atoms with Gasteiger partial charge in [-0.25, -0.2) is 9.78 Å². The SMILES string of the molecule is COC(=O)c1nc2c(C(F)(F)F)cc(Br)cc2[nH]1. The predicted octanol–water partition coefficient (Wildman–Crippen LogP) is 3.13. The summed E-state index contributed by atoms with van der Waals surface area (Å²) < 4.78 is 43.0. The normalized spacial score (nSPS) is 11.8. The minimum absolute atomic E-state index is 0.108. The van der Waals surface area contributed by atoms with Crippen LogP contribution in [0.25, 0.3) is 11.0 Å². The number of rotatable bonds is 1. The average Bonchev–Trinajstić information content (AvgIpc) is 2.68. The van der Waals surface area contributed by atoms with E-state index in [1.165, 1.54) is 6.07 Å². The van der Waals surface area contributed by atoms with Crippen molar-refractivity contribution in [2.75, 3.05) is 7.11 Å². The molecule has 0 saturated carbocycles. The molecule has 0 spiro atoms. The van der Waals surface area contributed by atoms with Crippen molar-refractivity contribution in [1.29, 1.82) is 0 Å². The van der Waals surface area contributed by atoms with E-state index in [0.29, 0.717) is 0 Å². The van der Waals surface area contributed by atoms with Crippen molar-refractivity contribution in [3.8, 4) is 0 Å². The number of hydrogen-bond donors (Lipinski definition) is 1. The number of imidazole rings is 1. The van der Waals surface area contributed by atoms with Crippen molar-refractivity contribution < 1.29 is 22.7 Å². The maximum absolute atomic E-state index is 12.8. The Morgan fingerprint density at radius 2 is 2.11 bits per heavy atom. The average molecular weight is 323 g/mol. The van der Waals surface area contributed by atoms with E-state index in [2.05, 4.69) is 30.6 Å². The number of esters is 1. The van der Waals surface area contributed by atoms with Crippen LogP contribution in [0.2, 0.25) is 0 Å². The van der Waals surface area contributed by atoms with Gasteiger partial charge >= 0.3 is 12.1 Å². The fraction of sp³-hybridized carbons (Fsp3) is 0.200. The van der Waals surface area contributed by atoms with Crippen LogP contribution in [0.4, 0.5) is 13.2 Å². The van der Waals surface area contributed by atoms with Gasteiger partial charge in [0.05, 0.1) is 18.2 Å². The number of fused-ring (bicyclic) bond motifs is 1. The summed E-state index contributed by atoms with van der Waals surface area (Å²) >= 11 is 2.98. The van der Waals surface area contributed by atoms with E-state index in [1.807, 2.05) is 0 Å². The van der Waals surface area contributed by atoms with Crippen LogP contribution in [0, 0.1) is 0 Å². The van der Waals surface area contributed by atoms with Gasteiger partial charge in [0.1, 0.15) is 5.52 Å². The highest BCUT2D eigenvalue weighted by Gasteiger charge is 2.34. The Labute approximate surface area is 107 Å². The van der Waals surface area contributed by atoms with Gasteiger partial charge in [0.25, 0.3) is 0 Å². The summed E-state index contributed by atoms with van der Waals surface area (Å²) in [7, 11) is 1.12. The molecule has 2 rings (SSSR count). The van der Waals surface area contributed by atoms with Gasteiger partial charge in [0, 0.05) is 4.47 Å². The largest absolute Gasteiger partial charge is 0.463 e. The maximum Gasteiger partial charge on any atom is 0.418 e. The Morgan fingerprint density at radius 3 is 2.67 bits per heavy atom. The molecule has 0 unspecified atom stereocenters. The number of ether oxygens (including phenoxy) is 1. The van der Waals surface area contributed by atoms with Gasteiger partial charge in [-0.2, -0.15) is 13.2 Å². The second-order valence-corrected chi connectivity index (χ2v) is 4.34. The molecule has 1 heterocycles. The third kappa shape index (κ3) is 2.20. The Bertz CT molecular complexity index is 621. The minimum atomic E-state index is -4.55. The summed E-state index contributed by atoms with van der Waals surface area (Å²) in [6.45, 7) is 0. The summed E-state index contributed by atoms with van der Waals surface area (Å²) in [6.07, 6.45) is -4.55. The molecule has 0 radical (unpaired) electrons. The zero-order chi connectivity index (χ0) is 13.5. The number of halogens is 4. The molecule has 0 aliphatic carbocycles. The summed E-state index contributed by atoms with van der Waals surface area (Å²) in [6, 6.07) is 2.31. The van der Waals surface area contributed by atoms with Crippen molar-refractivity contribution >= 4 is 32.9 Å². The van der Waals surface area contributed by atoms with E-state index in [-0.39, 0.29) is 21.3 Å². The van der Waals surface area contributed by atoms with Crippen LogP contribution in [-0.2, 0) is 10.9 Å². The number of H-pyrrole nitrogens is 1. The number of nitrogens with one attached hydrogen (secondary N) is 1. The zero-order valence-corrected chi connectivity index (χ0v) is 10.5. The van der Waals surface area contributed by atoms with Crippen LogP contribution in [0.5, 0.6) is 0 Å². The van der Waals surface area contributed by atoms with Gasteiger partial charge in [-0.3, -0.25) is 0 Å². The van der Waals surface area contributed by atoms with Crippen molar-refractivity contribution in [3.05, 3.63) is 28.0 Å². The molecule has 0 amide bonds. The molecule has 1 N–H and O–H groups in total. The minimum Gasteiger partial charge on any atom is -0.463 e. The van der Waals surface area contributed by atoms with Crippen molar-refractivity contribution in [3.63, 3.8) is 0 Å². The highest BCUT2D eigenvalue weighted by atomic mass is 79.9. The van der Waals surface area contributed by atoms with Gasteiger partial charge in [-0.1, -0.05) is 15.9 Å². The lowest BCUT2D eigenvalue weighted by Crippen LogP contribution is -2.06. The van der Waals surface area contributed by atoms with Crippen molar-refractivity contribution in [2.24, 2.45) is 0 Å². The highest BCUT2D eigenvalue weighted by molar-refractivity contribution is 9.10. The first-order valence-electron chi connectivity index (χ1n) is 4.67. The zero-order valence-electron chi connectivity index (χ0n) is 8.93. The number of alkyl halides is 3. The van der Waals surface area contributed by atoms with Gasteiger partial charge in [0.15, 0.2) is 0 Å². The van der Waals surface area contributed by atoms with E-state index < -0.39 is 17.7 Å². The number of benzene rings is 1. The monoisotopic (exact) mass is 322 g/mol. The smallest absolute Gasteiger partial charge is 0.418 e. The molecule has 0 bridgehead atoms. The van der Waals surface area contributed by atoms with Crippen LogP contribution in [0.1, 0.15) is 16.2 Å². The maximum atomic E-state index is 12.8. The molecule has 0 atom stereocenters. The Morgan fingerprint density at radius 1 is 1.44 bits per heavy atom. The third-order valence-corrected chi connectivity index (χ3v) is 2.69. The molecule has 0 aliphatic heterocycles. The highest BCUT2D eigenvalue weighted by Crippen LogP contribution is 2.36. The number of methoxy groups -OCH3 is 1. The van der Waals surface area contributed by atoms with E-state index in [9.17, 15) is 18.0 Å². The van der Waals surface area contributed by atoms with Crippen LogP contribution in [0.15, 0.2) is 16.6 Å². The topological polar surface area (TPSA) is 55.0 Å². The Hall–Kier alpha value is -1.57. The molecular formula is C10H6BrF3N2O2. The Kier molecular flexibility index (Phi) is 3.05. The molecule has 0 aliphatic rings. The van der Waals surface area contributed by atoms with Crippen LogP contribution >= 0.6 is 15.9 Å². The van der Waals surface area contributed by atoms with Crippen LogP contribution in [-0.4, -0.2) is 23.0 Å². The molecule has 4 nitrogen and oxygen atoms in total. The molecule has 8 heteroatoms. The van der Waals surface area contributed by atoms with E-state index in [4.69, 9.17) is 0 Å². The molecule has 1 aromatic carbocycles. The molecule has 18 heavy (non-hydrogen) atoms. The molecule has 0 fully saturated rings. The number of aromatic amines is 1. The number of carbonyl (C=O) groups is 1. The lowest BCUT2D eigenvalue weighted by atomic mass is 10.2. The third-order valence-electron chi connectivity index (χ3n) is 2.24. The lowest BCUT2D eigenvalue weighted by molar-refractivity contribution is -0.136. The van der Waals surface area contributed by atoms with Gasteiger partial charge < -0.3 is 9.72 Å². The fourth-order valence-corrected chi connectivity index (χ4v) is 1.95. The van der Waals surface area contributed by atoms with Gasteiger partial charge in [-0.05, 0) is 12.1 Å². The summed E-state index contributed by atoms with van der Waals surface area (Å²) in [5.41, 5.74) is -1.12. The number of hydrogen-bond acceptors (Lipinski definition) is 3. The second-order valence-electron chi connectivity index (χ2n) is 3.42. The molecule has 96 valence electrons. The first-order chi connectivity index (χ1) is 8.32. The van der Waals surface area contributed by atoms with E-state index in [0.717, 1.165) is 13.2 Å². The first kappa shape index (κ1) is 12.9. The molecule has 0 saturated heterocycles. The number of nitrogens with zero attached hydrogens (tertiary/aromatic N) is 1. The van der Waals surface area contributed by atoms with Crippen molar-refractivity contribution in [1.82, 2.24) is 9.97 Å². The quantitative estimate of drug-likeness (QED) is 0.821. The molecule has 2 aromatic rings. The first-order valence-corrected chi connectivity index (χ1v) is 5.47. The second kappa shape index (κ2) is 4.27. The molecule has 1 aromatic heterocycles. The summed E-state index contributed by atoms with van der Waals surface area (Å²) in [5, 5.41) is 0. The van der Waals surface area contributed by atoms with Crippen molar-refractivity contribution in [2.45, 2.75) is 6.18 Å². The fourth-order valence-electron chi connectivity index (χ4n) is 1.49. The Balaban J connectivity index is 2.72.